The first-order valence-corrected chi connectivity index (χ1v) is 6.99. The van der Waals surface area contributed by atoms with Crippen LogP contribution < -0.4 is 10.2 Å². The topological polar surface area (TPSA) is 113 Å². The smallest absolute Gasteiger partial charge is 0.316 e. The van der Waals surface area contributed by atoms with E-state index in [1.54, 1.807) is 0 Å². The molecule has 0 bridgehead atoms. The number of hydrogen-bond acceptors (Lipinski definition) is 5. The van der Waals surface area contributed by atoms with E-state index in [1.165, 1.54) is 43.4 Å². The van der Waals surface area contributed by atoms with Crippen molar-refractivity contribution in [1.29, 1.82) is 0 Å². The summed E-state index contributed by atoms with van der Waals surface area (Å²) in [6, 6.07) is 9.35. The number of anilines is 2. The maximum Gasteiger partial charge on any atom is 0.316 e. The van der Waals surface area contributed by atoms with Gasteiger partial charge < -0.3 is 15.3 Å². The number of benzene rings is 2. The number of phenolic OH excluding ortho intramolecular Hbond substituents is 1. The molecule has 8 nitrogen and oxygen atoms in total. The van der Waals surface area contributed by atoms with Gasteiger partial charge in [0.25, 0.3) is 5.69 Å². The third kappa shape index (κ3) is 3.79. The highest BCUT2D eigenvalue weighted by Crippen LogP contribution is 2.27. The molecular formula is C15H12ClN3O5. The summed E-state index contributed by atoms with van der Waals surface area (Å²) in [6.45, 7) is 0. The predicted octanol–water partition coefficient (Wildman–Crippen LogP) is 2.56. The Morgan fingerprint density at radius 3 is 2.42 bits per heavy atom. The van der Waals surface area contributed by atoms with E-state index in [0.717, 1.165) is 11.0 Å². The number of nitrogens with one attached hydrogen (secondary N) is 1. The van der Waals surface area contributed by atoms with Crippen LogP contribution in [0.2, 0.25) is 5.02 Å². The molecule has 0 aromatic heterocycles. The lowest BCUT2D eigenvalue weighted by atomic mass is 10.2. The second-order valence-corrected chi connectivity index (χ2v) is 5.17. The Kier molecular flexibility index (Phi) is 5.00. The Hall–Kier alpha value is -3.13. The molecule has 2 aromatic rings. The van der Waals surface area contributed by atoms with Crippen molar-refractivity contribution in [3.8, 4) is 5.75 Å². The number of hydrogen-bond donors (Lipinski definition) is 2. The lowest BCUT2D eigenvalue weighted by Crippen LogP contribution is -2.37. The van der Waals surface area contributed by atoms with Gasteiger partial charge in [0, 0.05) is 24.5 Å². The summed E-state index contributed by atoms with van der Waals surface area (Å²) in [6.07, 6.45) is 0. The van der Waals surface area contributed by atoms with Crippen LogP contribution >= 0.6 is 11.6 Å². The number of amides is 2. The molecule has 2 aromatic carbocycles. The molecule has 2 rings (SSSR count). The van der Waals surface area contributed by atoms with E-state index in [2.05, 4.69) is 5.32 Å². The van der Waals surface area contributed by atoms with Gasteiger partial charge in [-0.15, -0.1) is 0 Å². The summed E-state index contributed by atoms with van der Waals surface area (Å²) in [5, 5.41) is 22.3. The van der Waals surface area contributed by atoms with E-state index in [9.17, 15) is 24.8 Å². The van der Waals surface area contributed by atoms with Crippen LogP contribution in [0.25, 0.3) is 0 Å². The zero-order valence-corrected chi connectivity index (χ0v) is 13.1. The molecule has 0 aliphatic rings. The average Bonchev–Trinajstić information content (AvgIpc) is 2.55. The highest BCUT2D eigenvalue weighted by Gasteiger charge is 2.21. The van der Waals surface area contributed by atoms with Gasteiger partial charge in [-0.1, -0.05) is 11.6 Å². The quantitative estimate of drug-likeness (QED) is 0.502. The maximum atomic E-state index is 12.1. The molecule has 0 saturated carbocycles. The van der Waals surface area contributed by atoms with Gasteiger partial charge in [-0.3, -0.25) is 19.7 Å². The van der Waals surface area contributed by atoms with E-state index in [0.29, 0.717) is 5.69 Å². The fourth-order valence-electron chi connectivity index (χ4n) is 1.86. The van der Waals surface area contributed by atoms with Gasteiger partial charge in [0.15, 0.2) is 0 Å². The van der Waals surface area contributed by atoms with Gasteiger partial charge in [0.1, 0.15) is 10.8 Å². The van der Waals surface area contributed by atoms with Gasteiger partial charge in [-0.25, -0.2) is 0 Å². The molecule has 2 N–H and O–H groups in total. The summed E-state index contributed by atoms with van der Waals surface area (Å²) >= 11 is 5.68. The number of likely N-dealkylation sites (N-methyl/N-ethyl adjacent to an activating group) is 1. The third-order valence-electron chi connectivity index (χ3n) is 3.14. The number of carbonyl (C=O) groups is 2. The second kappa shape index (κ2) is 6.97. The maximum absolute atomic E-state index is 12.1. The van der Waals surface area contributed by atoms with Crippen molar-refractivity contribution < 1.29 is 19.6 Å². The first-order chi connectivity index (χ1) is 11.3. The molecule has 24 heavy (non-hydrogen) atoms. The van der Waals surface area contributed by atoms with Gasteiger partial charge in [-0.2, -0.15) is 0 Å². The zero-order valence-electron chi connectivity index (χ0n) is 12.4. The van der Waals surface area contributed by atoms with E-state index in [4.69, 9.17) is 11.6 Å². The second-order valence-electron chi connectivity index (χ2n) is 4.76. The van der Waals surface area contributed by atoms with Crippen LogP contribution in [0.5, 0.6) is 5.75 Å². The van der Waals surface area contributed by atoms with Gasteiger partial charge in [0.2, 0.25) is 0 Å². The monoisotopic (exact) mass is 349 g/mol. The van der Waals surface area contributed by atoms with E-state index >= 15 is 0 Å². The molecule has 0 spiro atoms. The van der Waals surface area contributed by atoms with Crippen LogP contribution in [0.1, 0.15) is 0 Å². The minimum atomic E-state index is -0.970. The summed E-state index contributed by atoms with van der Waals surface area (Å²) in [4.78, 5) is 35.3. The van der Waals surface area contributed by atoms with Crippen LogP contribution in [0, 0.1) is 10.1 Å². The Morgan fingerprint density at radius 2 is 1.83 bits per heavy atom. The molecule has 0 heterocycles. The summed E-state index contributed by atoms with van der Waals surface area (Å²) < 4.78 is 0. The Balaban J connectivity index is 2.14. The molecule has 0 fully saturated rings. The lowest BCUT2D eigenvalue weighted by Gasteiger charge is -2.16. The first kappa shape index (κ1) is 17.2. The largest absolute Gasteiger partial charge is 0.508 e. The van der Waals surface area contributed by atoms with Crippen LogP contribution in [-0.4, -0.2) is 28.9 Å². The summed E-state index contributed by atoms with van der Waals surface area (Å²) in [7, 11) is 1.39. The molecule has 0 aliphatic carbocycles. The SMILES string of the molecule is CN(C(=O)C(=O)Nc1ccc(Cl)c([N+](=O)[O-])c1)c1ccc(O)cc1. The highest BCUT2D eigenvalue weighted by molar-refractivity contribution is 6.44. The fraction of sp³-hybridized carbons (Fsp3) is 0.0667. The molecule has 124 valence electrons. The van der Waals surface area contributed by atoms with E-state index in [-0.39, 0.29) is 22.1 Å². The normalized spacial score (nSPS) is 10.1. The molecular weight excluding hydrogens is 338 g/mol. The van der Waals surface area contributed by atoms with Crippen LogP contribution in [-0.2, 0) is 9.59 Å². The van der Waals surface area contributed by atoms with Gasteiger partial charge in [-0.05, 0) is 36.4 Å². The van der Waals surface area contributed by atoms with Crippen molar-refractivity contribution in [2.75, 3.05) is 17.3 Å². The minimum Gasteiger partial charge on any atom is -0.508 e. The van der Waals surface area contributed by atoms with E-state index < -0.39 is 16.7 Å². The molecule has 0 aliphatic heterocycles. The number of halogens is 1. The van der Waals surface area contributed by atoms with E-state index in [1.807, 2.05) is 0 Å². The Morgan fingerprint density at radius 1 is 1.21 bits per heavy atom. The standard InChI is InChI=1S/C15H12ClN3O5/c1-18(10-3-5-11(20)6-4-10)15(22)14(21)17-9-2-7-12(16)13(8-9)19(23)24/h2-8,20H,1H3,(H,17,21). The van der Waals surface area contributed by atoms with Crippen molar-refractivity contribution in [2.24, 2.45) is 0 Å². The van der Waals surface area contributed by atoms with Crippen molar-refractivity contribution >= 4 is 40.5 Å². The number of nitrogens with zero attached hydrogens (tertiary/aromatic N) is 2. The number of nitro benzene ring substituents is 1. The molecule has 0 unspecified atom stereocenters. The molecule has 0 radical (unpaired) electrons. The van der Waals surface area contributed by atoms with Gasteiger partial charge in [0.05, 0.1) is 4.92 Å². The van der Waals surface area contributed by atoms with Crippen LogP contribution in [0.3, 0.4) is 0 Å². The Labute approximate surface area is 141 Å². The number of aromatic hydroxyl groups is 1. The molecule has 0 saturated heterocycles. The summed E-state index contributed by atoms with van der Waals surface area (Å²) in [5.41, 5.74) is 0.0902. The average molecular weight is 350 g/mol. The number of rotatable bonds is 3. The third-order valence-corrected chi connectivity index (χ3v) is 3.46. The fourth-order valence-corrected chi connectivity index (χ4v) is 2.05. The minimum absolute atomic E-state index is 0.0255. The van der Waals surface area contributed by atoms with Crippen molar-refractivity contribution in [1.82, 2.24) is 0 Å². The van der Waals surface area contributed by atoms with Crippen molar-refractivity contribution in [3.63, 3.8) is 0 Å². The Bertz CT molecular complexity index is 807. The number of carbonyl (C=O) groups excluding carboxylic acids is 2. The van der Waals surface area contributed by atoms with Crippen LogP contribution in [0.15, 0.2) is 42.5 Å². The first-order valence-electron chi connectivity index (χ1n) is 6.61. The van der Waals surface area contributed by atoms with Crippen LogP contribution in [0.4, 0.5) is 17.1 Å². The summed E-state index contributed by atoms with van der Waals surface area (Å²) in [5.74, 6) is -1.82. The molecule has 2 amide bonds. The lowest BCUT2D eigenvalue weighted by molar-refractivity contribution is -0.384. The highest BCUT2D eigenvalue weighted by atomic mass is 35.5. The number of nitro groups is 1. The van der Waals surface area contributed by atoms with Gasteiger partial charge >= 0.3 is 11.8 Å². The predicted molar refractivity (Wildman–Crippen MR) is 88.3 cm³/mol. The molecule has 0 atom stereocenters. The van der Waals surface area contributed by atoms with Crippen molar-refractivity contribution in [2.45, 2.75) is 0 Å². The zero-order chi connectivity index (χ0) is 17.9. The molecule has 9 heteroatoms. The number of phenols is 1. The van der Waals surface area contributed by atoms with Crippen molar-refractivity contribution in [3.05, 3.63) is 57.6 Å².